The zero-order chi connectivity index (χ0) is 17.6. The molecule has 0 unspecified atom stereocenters. The smallest absolute Gasteiger partial charge is 0.272 e. The first-order valence-corrected chi connectivity index (χ1v) is 6.29. The summed E-state index contributed by atoms with van der Waals surface area (Å²) in [4.78, 5) is 33.7. The van der Waals surface area contributed by atoms with E-state index < -0.39 is 23.3 Å². The van der Waals surface area contributed by atoms with Gasteiger partial charge >= 0.3 is 0 Å². The number of aromatic nitrogens is 1. The molecule has 1 aromatic heterocycles. The van der Waals surface area contributed by atoms with Crippen LogP contribution in [0.2, 0.25) is 0 Å². The number of carbonyl (C=O) groups excluding carboxylic acids is 3. The van der Waals surface area contributed by atoms with Gasteiger partial charge in [-0.1, -0.05) is 0 Å². The topological polar surface area (TPSA) is 88.4 Å². The molecule has 2 rings (SSSR count). The van der Waals surface area contributed by atoms with Gasteiger partial charge in [0.1, 0.15) is 5.69 Å². The molecule has 122 valence electrons. The van der Waals surface area contributed by atoms with E-state index in [1.54, 1.807) is 0 Å². The third-order valence-electron chi connectivity index (χ3n) is 2.81. The van der Waals surface area contributed by atoms with E-state index in [0.29, 0.717) is 0 Å². The number of hydrogen-bond donors (Lipinski definition) is 2. The van der Waals surface area contributed by atoms with Crippen LogP contribution >= 0.6 is 0 Å². The Labute approximate surface area is 130 Å². The Kier molecular flexibility index (Phi) is 6.28. The Morgan fingerprint density at radius 2 is 1.83 bits per heavy atom. The Morgan fingerprint density at radius 3 is 2.39 bits per heavy atom. The van der Waals surface area contributed by atoms with Gasteiger partial charge in [0.2, 0.25) is 5.78 Å². The first-order chi connectivity index (χ1) is 10.9. The van der Waals surface area contributed by atoms with Gasteiger partial charge in [0.25, 0.3) is 5.91 Å². The first kappa shape index (κ1) is 18.2. The lowest BCUT2D eigenvalue weighted by atomic mass is 10.2. The Bertz CT molecular complexity index is 741. The Hall–Kier alpha value is -2.87. The maximum atomic E-state index is 13.1. The third kappa shape index (κ3) is 4.30. The van der Waals surface area contributed by atoms with Crippen molar-refractivity contribution in [1.29, 1.82) is 0 Å². The number of aryl methyl sites for hydroxylation is 1. The number of anilines is 1. The summed E-state index contributed by atoms with van der Waals surface area (Å²) >= 11 is 0. The van der Waals surface area contributed by atoms with Gasteiger partial charge in [-0.3, -0.25) is 14.4 Å². The molecule has 1 heterocycles. The van der Waals surface area contributed by atoms with Crippen molar-refractivity contribution in [3.8, 4) is 0 Å². The molecule has 0 bridgehead atoms. The number of Topliss-reactive ketones (excluding diaryl/α,β-unsaturated/α-hetero) is 1. The number of nitrogens with one attached hydrogen (secondary N) is 1. The van der Waals surface area contributed by atoms with Gasteiger partial charge in [0.05, 0.1) is 0 Å². The quantitative estimate of drug-likeness (QED) is 0.507. The molecule has 1 amide bonds. The van der Waals surface area contributed by atoms with Gasteiger partial charge in [0.15, 0.2) is 17.9 Å². The van der Waals surface area contributed by atoms with E-state index in [9.17, 15) is 23.2 Å². The van der Waals surface area contributed by atoms with Crippen molar-refractivity contribution in [2.24, 2.45) is 7.05 Å². The van der Waals surface area contributed by atoms with Crippen molar-refractivity contribution in [2.45, 2.75) is 0 Å². The van der Waals surface area contributed by atoms with Gasteiger partial charge in [0, 0.05) is 37.7 Å². The summed E-state index contributed by atoms with van der Waals surface area (Å²) < 4.78 is 27.2. The number of nitrogens with zero attached hydrogens (tertiary/aromatic N) is 1. The van der Waals surface area contributed by atoms with E-state index in [-0.39, 0.29) is 23.2 Å². The first-order valence-electron chi connectivity index (χ1n) is 6.29. The monoisotopic (exact) mass is 324 g/mol. The summed E-state index contributed by atoms with van der Waals surface area (Å²) in [7, 11) is 2.52. The van der Waals surface area contributed by atoms with Gasteiger partial charge in [-0.2, -0.15) is 0 Å². The molecule has 0 saturated heterocycles. The van der Waals surface area contributed by atoms with Crippen LogP contribution in [-0.4, -0.2) is 34.8 Å². The molecule has 0 saturated carbocycles. The fourth-order valence-electron chi connectivity index (χ4n) is 1.76. The average Bonchev–Trinajstić information content (AvgIpc) is 2.94. The highest BCUT2D eigenvalue weighted by molar-refractivity contribution is 6.33. The number of carbonyl (C=O) groups is 3. The molecular weight excluding hydrogens is 310 g/mol. The second kappa shape index (κ2) is 7.95. The summed E-state index contributed by atoms with van der Waals surface area (Å²) in [6, 6.07) is 4.17. The van der Waals surface area contributed by atoms with Crippen molar-refractivity contribution in [1.82, 2.24) is 4.57 Å². The van der Waals surface area contributed by atoms with Crippen molar-refractivity contribution < 1.29 is 28.3 Å². The molecule has 23 heavy (non-hydrogen) atoms. The van der Waals surface area contributed by atoms with Crippen LogP contribution in [0, 0.1) is 11.6 Å². The van der Waals surface area contributed by atoms with Crippen LogP contribution < -0.4 is 5.32 Å². The van der Waals surface area contributed by atoms with E-state index in [4.69, 9.17) is 5.11 Å². The normalized spacial score (nSPS) is 9.61. The minimum atomic E-state index is -1.09. The fraction of sp³-hybridized carbons (Fsp3) is 0.133. The Balaban J connectivity index is 0.00000127. The zero-order valence-electron chi connectivity index (χ0n) is 12.3. The van der Waals surface area contributed by atoms with E-state index in [1.807, 2.05) is 0 Å². The van der Waals surface area contributed by atoms with Crippen molar-refractivity contribution in [3.05, 3.63) is 53.4 Å². The number of aliphatic hydroxyl groups is 1. The second-order valence-corrected chi connectivity index (χ2v) is 4.29. The Morgan fingerprint density at radius 1 is 1.17 bits per heavy atom. The number of aliphatic hydroxyl groups excluding tert-OH is 1. The van der Waals surface area contributed by atoms with E-state index in [0.717, 1.165) is 19.2 Å². The molecular formula is C15H14F2N2O4. The minimum absolute atomic E-state index is 0.0722. The molecule has 0 aliphatic heterocycles. The van der Waals surface area contributed by atoms with Gasteiger partial charge in [-0.25, -0.2) is 8.78 Å². The number of ketones is 1. The molecule has 0 aliphatic carbocycles. The molecule has 2 aromatic rings. The molecule has 0 aliphatic rings. The predicted molar refractivity (Wildman–Crippen MR) is 78.3 cm³/mol. The third-order valence-corrected chi connectivity index (χ3v) is 2.81. The summed E-state index contributed by atoms with van der Waals surface area (Å²) in [5, 5.41) is 9.37. The average molecular weight is 324 g/mol. The van der Waals surface area contributed by atoms with Crippen LogP contribution in [0.25, 0.3) is 0 Å². The highest BCUT2D eigenvalue weighted by atomic mass is 19.2. The summed E-state index contributed by atoms with van der Waals surface area (Å²) in [5.41, 5.74) is 0.247. The summed E-state index contributed by atoms with van der Waals surface area (Å²) in [6.07, 6.45) is 1.48. The maximum absolute atomic E-state index is 13.1. The van der Waals surface area contributed by atoms with Crippen LogP contribution in [0.1, 0.15) is 20.8 Å². The molecule has 8 heteroatoms. The van der Waals surface area contributed by atoms with Crippen molar-refractivity contribution in [3.63, 3.8) is 0 Å². The number of aldehydes is 1. The lowest BCUT2D eigenvalue weighted by molar-refractivity contribution is -0.104. The number of benzene rings is 1. The van der Waals surface area contributed by atoms with Gasteiger partial charge < -0.3 is 15.0 Å². The fourth-order valence-corrected chi connectivity index (χ4v) is 1.76. The molecule has 1 aromatic carbocycles. The maximum Gasteiger partial charge on any atom is 0.272 e. The lowest BCUT2D eigenvalue weighted by Gasteiger charge is -2.06. The van der Waals surface area contributed by atoms with Crippen LogP contribution in [0.5, 0.6) is 0 Å². The molecule has 0 atom stereocenters. The molecule has 2 N–H and O–H groups in total. The standard InChI is InChI=1S/C14H10F2N2O3.CH4O/c1-18-6-8(13(20)7-19)4-12(18)14(21)17-9-2-3-10(15)11(16)5-9;1-2/h2-7H,1H3,(H,17,21);2H,1H3. The number of hydrogen-bond acceptors (Lipinski definition) is 4. The highest BCUT2D eigenvalue weighted by Crippen LogP contribution is 2.15. The van der Waals surface area contributed by atoms with E-state index >= 15 is 0 Å². The zero-order valence-corrected chi connectivity index (χ0v) is 12.3. The van der Waals surface area contributed by atoms with Gasteiger partial charge in [-0.05, 0) is 18.2 Å². The number of rotatable bonds is 4. The summed E-state index contributed by atoms with van der Waals surface area (Å²) in [6.45, 7) is 0. The highest BCUT2D eigenvalue weighted by Gasteiger charge is 2.16. The molecule has 6 nitrogen and oxygen atoms in total. The van der Waals surface area contributed by atoms with Crippen LogP contribution in [-0.2, 0) is 11.8 Å². The van der Waals surface area contributed by atoms with Crippen LogP contribution in [0.15, 0.2) is 30.5 Å². The van der Waals surface area contributed by atoms with Crippen LogP contribution in [0.3, 0.4) is 0 Å². The number of halogens is 2. The van der Waals surface area contributed by atoms with E-state index in [1.165, 1.54) is 29.9 Å². The predicted octanol–water partition coefficient (Wildman–Crippen LogP) is 1.55. The van der Waals surface area contributed by atoms with Crippen molar-refractivity contribution >= 4 is 23.7 Å². The second-order valence-electron chi connectivity index (χ2n) is 4.29. The number of amides is 1. The van der Waals surface area contributed by atoms with Crippen LogP contribution in [0.4, 0.5) is 14.5 Å². The largest absolute Gasteiger partial charge is 0.400 e. The lowest BCUT2D eigenvalue weighted by Crippen LogP contribution is -2.15. The molecule has 0 spiro atoms. The van der Waals surface area contributed by atoms with Crippen molar-refractivity contribution in [2.75, 3.05) is 12.4 Å². The molecule has 0 fully saturated rings. The summed E-state index contributed by atoms with van der Waals surface area (Å²) in [5.74, 6) is -3.48. The molecule has 0 radical (unpaired) electrons. The SMILES string of the molecule is CO.Cn1cc(C(=O)C=O)cc1C(=O)Nc1ccc(F)c(F)c1. The van der Waals surface area contributed by atoms with E-state index in [2.05, 4.69) is 5.32 Å². The van der Waals surface area contributed by atoms with Gasteiger partial charge in [-0.15, -0.1) is 0 Å². The minimum Gasteiger partial charge on any atom is -0.400 e.